The lowest BCUT2D eigenvalue weighted by Crippen LogP contribution is -2.55. The van der Waals surface area contributed by atoms with E-state index < -0.39 is 48.7 Å². The van der Waals surface area contributed by atoms with Crippen LogP contribution in [-0.4, -0.2) is 58.8 Å². The van der Waals surface area contributed by atoms with Gasteiger partial charge >= 0.3 is 6.09 Å². The first-order valence-electron chi connectivity index (χ1n) is 11.5. The zero-order chi connectivity index (χ0) is 26.1. The van der Waals surface area contributed by atoms with Crippen molar-refractivity contribution in [2.45, 2.75) is 85.0 Å². The van der Waals surface area contributed by atoms with Gasteiger partial charge in [0.15, 0.2) is 0 Å². The first-order valence-corrected chi connectivity index (χ1v) is 11.5. The van der Waals surface area contributed by atoms with Crippen molar-refractivity contribution in [2.75, 3.05) is 13.2 Å². The average molecular weight is 475 g/mol. The zero-order valence-corrected chi connectivity index (χ0v) is 21.3. The number of alkyl carbamates (subject to hydrolysis) is 1. The molecule has 1 aromatic carbocycles. The number of aliphatic hydroxyl groups excluding tert-OH is 1. The van der Waals surface area contributed by atoms with Gasteiger partial charge < -0.3 is 25.4 Å². The van der Waals surface area contributed by atoms with Crippen molar-refractivity contribution >= 4 is 17.9 Å². The molecule has 0 aliphatic carbocycles. The van der Waals surface area contributed by atoms with Crippen molar-refractivity contribution in [3.8, 4) is 6.07 Å². The van der Waals surface area contributed by atoms with Gasteiger partial charge in [-0.1, -0.05) is 31.5 Å². The Hall–Kier alpha value is -3.12. The van der Waals surface area contributed by atoms with E-state index in [-0.39, 0.29) is 6.04 Å². The first-order chi connectivity index (χ1) is 15.9. The minimum absolute atomic E-state index is 0.141. The Kier molecular flexibility index (Phi) is 11.0. The third-order valence-corrected chi connectivity index (χ3v) is 5.31. The van der Waals surface area contributed by atoms with Crippen LogP contribution in [0.2, 0.25) is 0 Å². The highest BCUT2D eigenvalue weighted by molar-refractivity contribution is 5.92. The lowest BCUT2D eigenvalue weighted by Gasteiger charge is -2.34. The van der Waals surface area contributed by atoms with Crippen LogP contribution in [0.5, 0.6) is 0 Å². The number of nitrogens with one attached hydrogen (secondary N) is 2. The number of hydrogen-bond donors (Lipinski definition) is 3. The maximum atomic E-state index is 13.5. The number of hydrogen-bond acceptors (Lipinski definition) is 6. The molecule has 0 radical (unpaired) electrons. The number of carbonyl (C=O) groups is 3. The summed E-state index contributed by atoms with van der Waals surface area (Å²) in [5.74, 6) is -1.20. The molecule has 9 heteroatoms. The van der Waals surface area contributed by atoms with E-state index in [2.05, 4.69) is 10.6 Å². The highest BCUT2D eigenvalue weighted by Crippen LogP contribution is 2.27. The first kappa shape index (κ1) is 28.9. The molecule has 0 aliphatic heterocycles. The van der Waals surface area contributed by atoms with E-state index in [1.165, 1.54) is 0 Å². The summed E-state index contributed by atoms with van der Waals surface area (Å²) in [6, 6.07) is 4.70. The number of aryl methyl sites for hydroxylation is 1. The molecule has 0 aromatic heterocycles. The molecule has 3 amide bonds. The van der Waals surface area contributed by atoms with Gasteiger partial charge in [0.05, 0.1) is 12.7 Å². The predicted octanol–water partition coefficient (Wildman–Crippen LogP) is 2.89. The molecule has 0 saturated heterocycles. The van der Waals surface area contributed by atoms with E-state index in [1.54, 1.807) is 32.9 Å². The standard InChI is InChI=1S/C25H38N4O5/c1-8-10-17(3)27-22(31)21(19-12-9-11-16(2)18(19)4)29(14-13-26)23(32)20(15-30)28-24(33)34-25(5,6)7/h9,11-12,17,20-21,30H,8,10,14-15H2,1-7H3,(H,27,31)(H,28,33). The van der Waals surface area contributed by atoms with Gasteiger partial charge in [-0.05, 0) is 64.7 Å². The molecule has 34 heavy (non-hydrogen) atoms. The SMILES string of the molecule is CCCC(C)NC(=O)C(c1cccc(C)c1C)N(CC#N)C(=O)C(CO)NC(=O)OC(C)(C)C. The van der Waals surface area contributed by atoms with Gasteiger partial charge in [0.2, 0.25) is 11.8 Å². The number of amides is 3. The van der Waals surface area contributed by atoms with Crippen molar-refractivity contribution in [3.05, 3.63) is 34.9 Å². The van der Waals surface area contributed by atoms with E-state index in [0.717, 1.165) is 28.9 Å². The summed E-state index contributed by atoms with van der Waals surface area (Å²) in [7, 11) is 0. The quantitative estimate of drug-likeness (QED) is 0.447. The molecule has 9 nitrogen and oxygen atoms in total. The lowest BCUT2D eigenvalue weighted by atomic mass is 9.94. The van der Waals surface area contributed by atoms with Crippen molar-refractivity contribution in [1.82, 2.24) is 15.5 Å². The van der Waals surface area contributed by atoms with Gasteiger partial charge in [0.1, 0.15) is 24.2 Å². The van der Waals surface area contributed by atoms with E-state index in [1.807, 2.05) is 39.8 Å². The summed E-state index contributed by atoms with van der Waals surface area (Å²) < 4.78 is 5.19. The van der Waals surface area contributed by atoms with Gasteiger partial charge in [-0.2, -0.15) is 5.26 Å². The number of aliphatic hydroxyl groups is 1. The van der Waals surface area contributed by atoms with Crippen LogP contribution in [0.4, 0.5) is 4.79 Å². The second-order valence-electron chi connectivity index (χ2n) is 9.40. The highest BCUT2D eigenvalue weighted by Gasteiger charge is 2.37. The zero-order valence-electron chi connectivity index (χ0n) is 21.3. The summed E-state index contributed by atoms with van der Waals surface area (Å²) in [6.07, 6.45) is 0.723. The molecular weight excluding hydrogens is 436 g/mol. The summed E-state index contributed by atoms with van der Waals surface area (Å²) in [6.45, 7) is 11.5. The van der Waals surface area contributed by atoms with Crippen LogP contribution in [0.3, 0.4) is 0 Å². The van der Waals surface area contributed by atoms with Gasteiger partial charge in [0, 0.05) is 6.04 Å². The Balaban J connectivity index is 3.43. The number of carbonyl (C=O) groups excluding carboxylic acids is 3. The molecule has 0 fully saturated rings. The number of ether oxygens (including phenoxy) is 1. The molecule has 3 N–H and O–H groups in total. The molecule has 0 saturated carbocycles. The number of nitrogens with zero attached hydrogens (tertiary/aromatic N) is 2. The van der Waals surface area contributed by atoms with E-state index >= 15 is 0 Å². The van der Waals surface area contributed by atoms with E-state index in [0.29, 0.717) is 5.56 Å². The Morgan fingerprint density at radius 3 is 2.38 bits per heavy atom. The van der Waals surface area contributed by atoms with Crippen LogP contribution in [0.25, 0.3) is 0 Å². The molecule has 0 aliphatic rings. The highest BCUT2D eigenvalue weighted by atomic mass is 16.6. The van der Waals surface area contributed by atoms with Crippen LogP contribution in [0.15, 0.2) is 18.2 Å². The Morgan fingerprint density at radius 1 is 1.21 bits per heavy atom. The minimum Gasteiger partial charge on any atom is -0.444 e. The molecule has 188 valence electrons. The monoisotopic (exact) mass is 474 g/mol. The second kappa shape index (κ2) is 12.9. The van der Waals surface area contributed by atoms with Gasteiger partial charge in [0.25, 0.3) is 0 Å². The van der Waals surface area contributed by atoms with Crippen LogP contribution in [0.1, 0.15) is 70.2 Å². The summed E-state index contributed by atoms with van der Waals surface area (Å²) in [5.41, 5.74) is 1.49. The van der Waals surface area contributed by atoms with Crippen LogP contribution in [-0.2, 0) is 14.3 Å². The largest absolute Gasteiger partial charge is 0.444 e. The van der Waals surface area contributed by atoms with Crippen molar-refractivity contribution < 1.29 is 24.2 Å². The number of rotatable bonds is 10. The lowest BCUT2D eigenvalue weighted by molar-refractivity contribution is -0.142. The van der Waals surface area contributed by atoms with Crippen LogP contribution in [0, 0.1) is 25.2 Å². The number of nitriles is 1. The average Bonchev–Trinajstić information content (AvgIpc) is 2.72. The molecule has 1 aromatic rings. The van der Waals surface area contributed by atoms with Gasteiger partial charge in [-0.3, -0.25) is 9.59 Å². The Labute approximate surface area is 202 Å². The second-order valence-corrected chi connectivity index (χ2v) is 9.40. The third kappa shape index (κ3) is 8.34. The van der Waals surface area contributed by atoms with Gasteiger partial charge in [-0.15, -0.1) is 0 Å². The Morgan fingerprint density at radius 2 is 1.85 bits per heavy atom. The van der Waals surface area contributed by atoms with Crippen molar-refractivity contribution in [2.24, 2.45) is 0 Å². The van der Waals surface area contributed by atoms with E-state index in [4.69, 9.17) is 4.74 Å². The molecule has 0 bridgehead atoms. The smallest absolute Gasteiger partial charge is 0.408 e. The topological polar surface area (TPSA) is 132 Å². The van der Waals surface area contributed by atoms with E-state index in [9.17, 15) is 24.8 Å². The summed E-state index contributed by atoms with van der Waals surface area (Å²) >= 11 is 0. The summed E-state index contributed by atoms with van der Waals surface area (Å²) in [4.78, 5) is 40.2. The molecule has 0 heterocycles. The molecule has 3 atom stereocenters. The normalized spacial score (nSPS) is 13.7. The molecule has 3 unspecified atom stereocenters. The fourth-order valence-electron chi connectivity index (χ4n) is 3.56. The third-order valence-electron chi connectivity index (χ3n) is 5.31. The molecule has 1 rings (SSSR count). The van der Waals surface area contributed by atoms with Crippen LogP contribution >= 0.6 is 0 Å². The van der Waals surface area contributed by atoms with Gasteiger partial charge in [-0.25, -0.2) is 4.79 Å². The minimum atomic E-state index is -1.39. The molecule has 0 spiro atoms. The maximum Gasteiger partial charge on any atom is 0.408 e. The van der Waals surface area contributed by atoms with Crippen LogP contribution < -0.4 is 10.6 Å². The predicted molar refractivity (Wildman–Crippen MR) is 129 cm³/mol. The summed E-state index contributed by atoms with van der Waals surface area (Å²) in [5, 5.41) is 24.6. The fourth-order valence-corrected chi connectivity index (χ4v) is 3.56. The number of benzene rings is 1. The Bertz CT molecular complexity index is 904. The van der Waals surface area contributed by atoms with Crippen molar-refractivity contribution in [1.29, 1.82) is 5.26 Å². The molecular formula is C25H38N4O5. The maximum absolute atomic E-state index is 13.5. The fraction of sp³-hybridized carbons (Fsp3) is 0.600. The van der Waals surface area contributed by atoms with Crippen molar-refractivity contribution in [3.63, 3.8) is 0 Å².